The molecule has 0 aliphatic heterocycles. The maximum atomic E-state index is 6.01. The lowest BCUT2D eigenvalue weighted by molar-refractivity contribution is 0.219. The van der Waals surface area contributed by atoms with Crippen LogP contribution in [-0.2, 0) is 6.42 Å². The van der Waals surface area contributed by atoms with Gasteiger partial charge in [0.15, 0.2) is 0 Å². The molecule has 19 heavy (non-hydrogen) atoms. The molecule has 1 unspecified atom stereocenters. The van der Waals surface area contributed by atoms with E-state index in [2.05, 4.69) is 43.4 Å². The summed E-state index contributed by atoms with van der Waals surface area (Å²) >= 11 is 0. The molecule has 2 nitrogen and oxygen atoms in total. The first-order chi connectivity index (χ1) is 9.33. The van der Waals surface area contributed by atoms with E-state index in [1.165, 1.54) is 31.2 Å². The Morgan fingerprint density at radius 3 is 2.74 bits per heavy atom. The van der Waals surface area contributed by atoms with E-state index in [-0.39, 0.29) is 0 Å². The summed E-state index contributed by atoms with van der Waals surface area (Å²) in [5.41, 5.74) is 1.35. The van der Waals surface area contributed by atoms with E-state index < -0.39 is 0 Å². The maximum Gasteiger partial charge on any atom is 0.119 e. The van der Waals surface area contributed by atoms with Gasteiger partial charge in [0.05, 0.1) is 0 Å². The van der Waals surface area contributed by atoms with Gasteiger partial charge in [-0.25, -0.2) is 0 Å². The van der Waals surface area contributed by atoms with Gasteiger partial charge >= 0.3 is 0 Å². The van der Waals surface area contributed by atoms with Crippen molar-refractivity contribution in [2.24, 2.45) is 5.92 Å². The van der Waals surface area contributed by atoms with Crippen LogP contribution in [0.15, 0.2) is 24.3 Å². The molecule has 0 saturated heterocycles. The van der Waals surface area contributed by atoms with Gasteiger partial charge in [-0.15, -0.1) is 0 Å². The number of hydrogen-bond acceptors (Lipinski definition) is 2. The Bertz CT molecular complexity index is 371. The Morgan fingerprint density at radius 1 is 1.26 bits per heavy atom. The monoisotopic (exact) mass is 261 g/mol. The van der Waals surface area contributed by atoms with E-state index in [9.17, 15) is 0 Å². The maximum absolute atomic E-state index is 6.01. The summed E-state index contributed by atoms with van der Waals surface area (Å²) in [5, 5.41) is 3.60. The number of aryl methyl sites for hydroxylation is 1. The van der Waals surface area contributed by atoms with Crippen molar-refractivity contribution < 1.29 is 4.74 Å². The number of hydrogen-bond donors (Lipinski definition) is 1. The van der Waals surface area contributed by atoms with Crippen molar-refractivity contribution in [2.75, 3.05) is 13.2 Å². The zero-order chi connectivity index (χ0) is 13.5. The lowest BCUT2D eigenvalue weighted by Gasteiger charge is -2.24. The smallest absolute Gasteiger partial charge is 0.119 e. The molecule has 0 radical (unpaired) electrons. The number of ether oxygens (including phenoxy) is 1. The second kappa shape index (κ2) is 7.54. The molecule has 1 aromatic rings. The van der Waals surface area contributed by atoms with Crippen LogP contribution < -0.4 is 10.1 Å². The van der Waals surface area contributed by atoms with E-state index in [0.717, 1.165) is 31.2 Å². The Morgan fingerprint density at radius 2 is 2.05 bits per heavy atom. The number of likely N-dealkylation sites (N-methyl/N-ethyl adjacent to an activating group) is 1. The first-order valence-electron chi connectivity index (χ1n) is 7.78. The average molecular weight is 261 g/mol. The summed E-state index contributed by atoms with van der Waals surface area (Å²) in [6, 6.07) is 8.99. The summed E-state index contributed by atoms with van der Waals surface area (Å²) in [6.07, 6.45) is 6.55. The van der Waals surface area contributed by atoms with Crippen LogP contribution in [-0.4, -0.2) is 19.2 Å². The molecule has 1 atom stereocenters. The third-order valence-corrected chi connectivity index (χ3v) is 4.17. The molecule has 2 heteroatoms. The highest BCUT2D eigenvalue weighted by atomic mass is 16.5. The molecule has 0 spiro atoms. The molecule has 1 aromatic carbocycles. The SMILES string of the molecule is CCNC(COc1cccc(CC)c1)C1CCCC1. The zero-order valence-corrected chi connectivity index (χ0v) is 12.3. The van der Waals surface area contributed by atoms with Crippen LogP contribution in [0.5, 0.6) is 5.75 Å². The molecule has 0 aromatic heterocycles. The largest absolute Gasteiger partial charge is 0.492 e. The second-order valence-electron chi connectivity index (χ2n) is 5.52. The van der Waals surface area contributed by atoms with Crippen molar-refractivity contribution in [3.05, 3.63) is 29.8 Å². The molecule has 0 heterocycles. The van der Waals surface area contributed by atoms with Crippen LogP contribution in [0.4, 0.5) is 0 Å². The van der Waals surface area contributed by atoms with Crippen molar-refractivity contribution in [3.63, 3.8) is 0 Å². The average Bonchev–Trinajstić information content (AvgIpc) is 2.97. The first-order valence-corrected chi connectivity index (χ1v) is 7.78. The van der Waals surface area contributed by atoms with E-state index in [4.69, 9.17) is 4.74 Å². The van der Waals surface area contributed by atoms with Crippen LogP contribution in [0.1, 0.15) is 45.1 Å². The number of rotatable bonds is 7. The molecule has 106 valence electrons. The summed E-state index contributed by atoms with van der Waals surface area (Å²) in [7, 11) is 0. The lowest BCUT2D eigenvalue weighted by Crippen LogP contribution is -2.40. The van der Waals surface area contributed by atoms with Crippen LogP contribution in [0.2, 0.25) is 0 Å². The minimum atomic E-state index is 0.512. The van der Waals surface area contributed by atoms with Gasteiger partial charge in [0.2, 0.25) is 0 Å². The first kappa shape index (κ1) is 14.4. The summed E-state index contributed by atoms with van der Waals surface area (Å²) in [5.74, 6) is 1.81. The molecule has 1 saturated carbocycles. The summed E-state index contributed by atoms with van der Waals surface area (Å²) in [4.78, 5) is 0. The predicted molar refractivity (Wildman–Crippen MR) is 80.7 cm³/mol. The van der Waals surface area contributed by atoms with Gasteiger partial charge in [0, 0.05) is 6.04 Å². The quantitative estimate of drug-likeness (QED) is 0.806. The van der Waals surface area contributed by atoms with E-state index in [0.29, 0.717) is 6.04 Å². The van der Waals surface area contributed by atoms with Crippen molar-refractivity contribution in [1.29, 1.82) is 0 Å². The van der Waals surface area contributed by atoms with Crippen LogP contribution in [0.3, 0.4) is 0 Å². The van der Waals surface area contributed by atoms with Gasteiger partial charge in [-0.05, 0) is 49.4 Å². The van der Waals surface area contributed by atoms with Crippen LogP contribution in [0.25, 0.3) is 0 Å². The van der Waals surface area contributed by atoms with E-state index in [1.54, 1.807) is 0 Å². The van der Waals surface area contributed by atoms with Gasteiger partial charge < -0.3 is 10.1 Å². The van der Waals surface area contributed by atoms with Crippen molar-refractivity contribution in [3.8, 4) is 5.75 Å². The van der Waals surface area contributed by atoms with Gasteiger partial charge in [0.25, 0.3) is 0 Å². The van der Waals surface area contributed by atoms with Gasteiger partial charge in [-0.1, -0.05) is 38.8 Å². The third kappa shape index (κ3) is 4.24. The standard InChI is InChI=1S/C17H27NO/c1-3-14-8-7-11-16(12-14)19-13-17(18-4-2)15-9-5-6-10-15/h7-8,11-12,15,17-18H,3-6,9-10,13H2,1-2H3. The fourth-order valence-corrected chi connectivity index (χ4v) is 3.02. The van der Waals surface area contributed by atoms with E-state index >= 15 is 0 Å². The zero-order valence-electron chi connectivity index (χ0n) is 12.3. The normalized spacial score (nSPS) is 17.6. The van der Waals surface area contributed by atoms with Crippen molar-refractivity contribution in [1.82, 2.24) is 5.32 Å². The summed E-state index contributed by atoms with van der Waals surface area (Å²) in [6.45, 7) is 6.18. The lowest BCUT2D eigenvalue weighted by atomic mass is 9.99. The third-order valence-electron chi connectivity index (χ3n) is 4.17. The Hall–Kier alpha value is -1.02. The molecule has 1 N–H and O–H groups in total. The van der Waals surface area contributed by atoms with Crippen LogP contribution >= 0.6 is 0 Å². The number of nitrogens with one attached hydrogen (secondary N) is 1. The van der Waals surface area contributed by atoms with Gasteiger partial charge in [-0.3, -0.25) is 0 Å². The number of benzene rings is 1. The highest BCUT2D eigenvalue weighted by Gasteiger charge is 2.24. The minimum absolute atomic E-state index is 0.512. The molecular formula is C17H27NO. The molecule has 1 fully saturated rings. The Labute approximate surface area is 117 Å². The highest BCUT2D eigenvalue weighted by Crippen LogP contribution is 2.28. The topological polar surface area (TPSA) is 21.3 Å². The fraction of sp³-hybridized carbons (Fsp3) is 0.647. The fourth-order valence-electron chi connectivity index (χ4n) is 3.02. The predicted octanol–water partition coefficient (Wildman–Crippen LogP) is 3.80. The van der Waals surface area contributed by atoms with Crippen molar-refractivity contribution >= 4 is 0 Å². The second-order valence-corrected chi connectivity index (χ2v) is 5.52. The molecule has 1 aliphatic rings. The Balaban J connectivity index is 1.89. The van der Waals surface area contributed by atoms with Crippen LogP contribution in [0, 0.1) is 5.92 Å². The van der Waals surface area contributed by atoms with Crippen molar-refractivity contribution in [2.45, 2.75) is 52.0 Å². The highest BCUT2D eigenvalue weighted by molar-refractivity contribution is 5.28. The van der Waals surface area contributed by atoms with E-state index in [1.807, 2.05) is 0 Å². The molecule has 0 bridgehead atoms. The molecular weight excluding hydrogens is 234 g/mol. The summed E-state index contributed by atoms with van der Waals surface area (Å²) < 4.78 is 6.01. The Kier molecular flexibility index (Phi) is 5.71. The molecule has 1 aliphatic carbocycles. The van der Waals surface area contributed by atoms with Gasteiger partial charge in [-0.2, -0.15) is 0 Å². The van der Waals surface area contributed by atoms with Gasteiger partial charge in [0.1, 0.15) is 12.4 Å². The molecule has 0 amide bonds. The minimum Gasteiger partial charge on any atom is -0.492 e. The molecule has 2 rings (SSSR count).